The smallest absolute Gasteiger partial charge is 0.322 e. The van der Waals surface area contributed by atoms with Crippen LogP contribution in [0.15, 0.2) is 58.7 Å². The van der Waals surface area contributed by atoms with Crippen LogP contribution in [0.1, 0.15) is 38.3 Å². The van der Waals surface area contributed by atoms with Crippen molar-refractivity contribution in [2.75, 3.05) is 38.5 Å². The van der Waals surface area contributed by atoms with Crippen LogP contribution in [0, 0.1) is 25.7 Å². The number of nitrogens with one attached hydrogen (secondary N) is 1. The lowest BCUT2D eigenvalue weighted by atomic mass is 10.0. The van der Waals surface area contributed by atoms with E-state index in [1.165, 1.54) is 12.1 Å². The Balaban J connectivity index is 1.51. The summed E-state index contributed by atoms with van der Waals surface area (Å²) in [5.41, 5.74) is 2.54. The van der Waals surface area contributed by atoms with Crippen molar-refractivity contribution in [3.63, 3.8) is 0 Å². The molecule has 214 valence electrons. The number of likely N-dealkylation sites (N-methyl/N-ethyl adjacent to an activating group) is 1. The summed E-state index contributed by atoms with van der Waals surface area (Å²) in [6, 6.07) is 12.5. The van der Waals surface area contributed by atoms with Crippen LogP contribution >= 0.6 is 0 Å². The molecule has 1 fully saturated rings. The Hall–Kier alpha value is -4.27. The van der Waals surface area contributed by atoms with Crippen molar-refractivity contribution in [3.05, 3.63) is 87.5 Å². The molecule has 1 aliphatic rings. The Labute approximate surface area is 237 Å². The first kappa shape index (κ1) is 29.7. The van der Waals surface area contributed by atoms with Crippen molar-refractivity contribution >= 4 is 18.3 Å². The minimum absolute atomic E-state index is 0.0756. The Bertz CT molecular complexity index is 1560. The lowest BCUT2D eigenvalue weighted by Crippen LogP contribution is -2.44. The van der Waals surface area contributed by atoms with Gasteiger partial charge in [-0.3, -0.25) is 9.69 Å². The summed E-state index contributed by atoms with van der Waals surface area (Å²) in [7, 11) is 2.00. The van der Waals surface area contributed by atoms with Crippen molar-refractivity contribution in [2.24, 2.45) is 10.2 Å². The summed E-state index contributed by atoms with van der Waals surface area (Å²) in [6.07, 6.45) is -4.55. The molecule has 0 unspecified atom stereocenters. The normalized spacial score (nSPS) is 14.8. The van der Waals surface area contributed by atoms with Gasteiger partial charge in [-0.1, -0.05) is 24.0 Å². The number of hydrogen-bond acceptors (Lipinski definition) is 6. The van der Waals surface area contributed by atoms with Crippen LogP contribution in [0.5, 0.6) is 0 Å². The summed E-state index contributed by atoms with van der Waals surface area (Å²) in [6.45, 7) is 10.5. The van der Waals surface area contributed by atoms with E-state index in [1.807, 2.05) is 25.8 Å². The molecule has 2 heterocycles. The van der Waals surface area contributed by atoms with Gasteiger partial charge in [0.05, 0.1) is 11.3 Å². The molecule has 1 aliphatic heterocycles. The van der Waals surface area contributed by atoms with Gasteiger partial charge in [0.15, 0.2) is 5.49 Å². The molecule has 2 aromatic carbocycles. The number of anilines is 1. The number of carbonyl (C=O) groups is 1. The molecule has 0 spiro atoms. The Kier molecular flexibility index (Phi) is 9.37. The second-order valence-electron chi connectivity index (χ2n) is 9.97. The van der Waals surface area contributed by atoms with Gasteiger partial charge in [-0.2, -0.15) is 23.4 Å². The minimum Gasteiger partial charge on any atom is -0.322 e. The second-order valence-corrected chi connectivity index (χ2v) is 9.97. The summed E-state index contributed by atoms with van der Waals surface area (Å²) >= 11 is 0. The maximum atomic E-state index is 14.0. The van der Waals surface area contributed by atoms with Crippen LogP contribution in [0.4, 0.5) is 18.9 Å². The van der Waals surface area contributed by atoms with E-state index in [2.05, 4.69) is 44.1 Å². The number of alkyl halides is 3. The lowest BCUT2D eigenvalue weighted by molar-refractivity contribution is -0.138. The first-order chi connectivity index (χ1) is 19.5. The quantitative estimate of drug-likeness (QED) is 0.279. The van der Waals surface area contributed by atoms with E-state index < -0.39 is 17.6 Å². The number of aromatic nitrogens is 2. The molecule has 11 heteroatoms. The number of piperazine rings is 1. The first-order valence-corrected chi connectivity index (χ1v) is 13.1. The maximum Gasteiger partial charge on any atom is 0.416 e. The standard InChI is InChI=1S/C30H32F3N7O/c1-21-7-9-24(18-23(21)6-5-13-40-28(36-34-3)12-8-22(2)37-40)29(41)35-26-11-10-25(27(19-26)30(31,32)33)20-39-16-14-38(4)15-17-39/h7-12,18-19H,3,13-17,20H2,1-2,4H3,(H,35,41). The van der Waals surface area contributed by atoms with Gasteiger partial charge in [-0.05, 0) is 68.4 Å². The van der Waals surface area contributed by atoms with Gasteiger partial charge in [-0.15, -0.1) is 5.10 Å². The molecular weight excluding hydrogens is 531 g/mol. The molecule has 3 aromatic rings. The molecule has 1 amide bonds. The van der Waals surface area contributed by atoms with E-state index in [0.29, 0.717) is 24.1 Å². The molecule has 0 bridgehead atoms. The third-order valence-electron chi connectivity index (χ3n) is 6.80. The fraction of sp³-hybridized carbons (Fsp3) is 0.333. The highest BCUT2D eigenvalue weighted by molar-refractivity contribution is 6.04. The largest absolute Gasteiger partial charge is 0.416 e. The molecule has 1 saturated heterocycles. The number of rotatable bonds is 6. The summed E-state index contributed by atoms with van der Waals surface area (Å²) in [5.74, 6) is 5.56. The number of amides is 1. The van der Waals surface area contributed by atoms with E-state index in [0.717, 1.165) is 30.4 Å². The highest BCUT2D eigenvalue weighted by Crippen LogP contribution is 2.34. The van der Waals surface area contributed by atoms with Gasteiger partial charge in [0.25, 0.3) is 5.91 Å². The molecule has 1 N–H and O–H groups in total. The Morgan fingerprint density at radius 2 is 1.83 bits per heavy atom. The molecule has 1 aromatic heterocycles. The van der Waals surface area contributed by atoms with Crippen molar-refractivity contribution in [1.82, 2.24) is 19.6 Å². The van der Waals surface area contributed by atoms with Gasteiger partial charge in [0.2, 0.25) is 0 Å². The number of hydrogen-bond donors (Lipinski definition) is 1. The van der Waals surface area contributed by atoms with Crippen LogP contribution in [0.3, 0.4) is 0 Å². The molecule has 0 saturated carbocycles. The van der Waals surface area contributed by atoms with Crippen molar-refractivity contribution in [2.45, 2.75) is 33.1 Å². The topological polar surface area (TPSA) is 78.1 Å². The number of aryl methyl sites for hydroxylation is 2. The monoisotopic (exact) mass is 563 g/mol. The van der Waals surface area contributed by atoms with Gasteiger partial charge >= 0.3 is 6.18 Å². The van der Waals surface area contributed by atoms with Gasteiger partial charge in [0.1, 0.15) is 6.54 Å². The van der Waals surface area contributed by atoms with Crippen molar-refractivity contribution < 1.29 is 18.0 Å². The zero-order valence-corrected chi connectivity index (χ0v) is 23.3. The fourth-order valence-electron chi connectivity index (χ4n) is 4.44. The van der Waals surface area contributed by atoms with Crippen LogP contribution in [-0.2, 0) is 19.3 Å². The van der Waals surface area contributed by atoms with Gasteiger partial charge < -0.3 is 10.2 Å². The zero-order chi connectivity index (χ0) is 29.6. The zero-order valence-electron chi connectivity index (χ0n) is 23.3. The van der Waals surface area contributed by atoms with Crippen molar-refractivity contribution in [3.8, 4) is 11.8 Å². The van der Waals surface area contributed by atoms with Gasteiger partial charge in [0, 0.05) is 56.3 Å². The predicted octanol–water partition coefficient (Wildman–Crippen LogP) is 4.09. The van der Waals surface area contributed by atoms with Crippen LogP contribution < -0.4 is 10.8 Å². The average Bonchev–Trinajstić information content (AvgIpc) is 2.92. The van der Waals surface area contributed by atoms with E-state index in [-0.39, 0.29) is 29.9 Å². The Morgan fingerprint density at radius 3 is 2.54 bits per heavy atom. The van der Waals surface area contributed by atoms with Crippen LogP contribution in [-0.4, -0.2) is 65.4 Å². The van der Waals surface area contributed by atoms with E-state index in [4.69, 9.17) is 0 Å². The summed E-state index contributed by atoms with van der Waals surface area (Å²) < 4.78 is 43.5. The van der Waals surface area contributed by atoms with E-state index in [9.17, 15) is 18.0 Å². The molecule has 0 atom stereocenters. The number of halogens is 3. The van der Waals surface area contributed by atoms with Crippen LogP contribution in [0.2, 0.25) is 0 Å². The molecule has 8 nitrogen and oxygen atoms in total. The molecule has 4 rings (SSSR count). The SMILES string of the molecule is C=NN=c1ccc(C)nn1CC#Cc1cc(C(=O)Nc2ccc(CN3CCN(C)CC3)c(C(F)(F)F)c2)ccc1C. The third-order valence-corrected chi connectivity index (χ3v) is 6.80. The highest BCUT2D eigenvalue weighted by Gasteiger charge is 2.34. The Morgan fingerprint density at radius 1 is 1.07 bits per heavy atom. The number of carbonyl (C=O) groups excluding carboxylic acids is 1. The number of nitrogens with zero attached hydrogens (tertiary/aromatic N) is 6. The maximum absolute atomic E-state index is 14.0. The lowest BCUT2D eigenvalue weighted by Gasteiger charge is -2.33. The van der Waals surface area contributed by atoms with Gasteiger partial charge in [-0.25, -0.2) is 4.68 Å². The van der Waals surface area contributed by atoms with E-state index >= 15 is 0 Å². The predicted molar refractivity (Wildman–Crippen MR) is 152 cm³/mol. The third kappa shape index (κ3) is 7.90. The second kappa shape index (κ2) is 12.9. The van der Waals surface area contributed by atoms with E-state index in [1.54, 1.807) is 35.0 Å². The first-order valence-electron chi connectivity index (χ1n) is 13.1. The minimum atomic E-state index is -4.55. The molecule has 41 heavy (non-hydrogen) atoms. The average molecular weight is 564 g/mol. The molecule has 0 radical (unpaired) electrons. The molecular formula is C30H32F3N7O. The van der Waals surface area contributed by atoms with Crippen LogP contribution in [0.25, 0.3) is 0 Å². The summed E-state index contributed by atoms with van der Waals surface area (Å²) in [4.78, 5) is 17.2. The number of benzene rings is 2. The summed E-state index contributed by atoms with van der Waals surface area (Å²) in [5, 5.41) is 14.5. The highest BCUT2D eigenvalue weighted by atomic mass is 19.4. The fourth-order valence-corrected chi connectivity index (χ4v) is 4.44. The van der Waals surface area contributed by atoms with Crippen molar-refractivity contribution in [1.29, 1.82) is 0 Å². The molecule has 0 aliphatic carbocycles.